The number of benzene rings is 3. The molecule has 0 saturated carbocycles. The van der Waals surface area contributed by atoms with Crippen molar-refractivity contribution in [1.29, 1.82) is 0 Å². The molecule has 2 amide bonds. The van der Waals surface area contributed by atoms with E-state index in [-0.39, 0.29) is 23.4 Å². The van der Waals surface area contributed by atoms with E-state index in [4.69, 9.17) is 4.74 Å². The van der Waals surface area contributed by atoms with Crippen LogP contribution in [0.4, 0.5) is 10.1 Å². The number of carbonyl (C=O) groups is 2. The fourth-order valence-electron chi connectivity index (χ4n) is 3.44. The third-order valence-corrected chi connectivity index (χ3v) is 5.15. The van der Waals surface area contributed by atoms with Gasteiger partial charge in [-0.15, -0.1) is 0 Å². The lowest BCUT2D eigenvalue weighted by Gasteiger charge is -2.16. The summed E-state index contributed by atoms with van der Waals surface area (Å²) in [5.74, 6) is -0.806. The molecule has 0 aromatic heterocycles. The van der Waals surface area contributed by atoms with Crippen molar-refractivity contribution in [3.05, 3.63) is 101 Å². The molecule has 1 aliphatic heterocycles. The highest BCUT2D eigenvalue weighted by Crippen LogP contribution is 2.32. The number of nitrogens with one attached hydrogen (secondary N) is 1. The molecule has 0 radical (unpaired) electrons. The van der Waals surface area contributed by atoms with E-state index in [1.54, 1.807) is 49.6 Å². The Morgan fingerprint density at radius 1 is 0.903 bits per heavy atom. The maximum Gasteiger partial charge on any atom is 0.278 e. The number of imide groups is 1. The first-order chi connectivity index (χ1) is 15.0. The third-order valence-electron chi connectivity index (χ3n) is 5.15. The number of rotatable bonds is 6. The first kappa shape index (κ1) is 20.3. The molecule has 3 aromatic carbocycles. The van der Waals surface area contributed by atoms with Gasteiger partial charge in [0.15, 0.2) is 0 Å². The molecule has 0 spiro atoms. The van der Waals surface area contributed by atoms with Gasteiger partial charge in [0.1, 0.15) is 17.3 Å². The standard InChI is InChI=1S/C25H21FN2O3/c1-16-7-11-19(12-8-16)27-23-22(17-9-13-20(31-2)14-10-17)24(29)28(25(23)30)15-18-5-3-4-6-21(18)26/h3-14,27H,15H2,1-2H3. The predicted molar refractivity (Wildman–Crippen MR) is 117 cm³/mol. The minimum Gasteiger partial charge on any atom is -0.497 e. The summed E-state index contributed by atoms with van der Waals surface area (Å²) in [6.07, 6.45) is 0. The lowest BCUT2D eigenvalue weighted by Crippen LogP contribution is -2.32. The van der Waals surface area contributed by atoms with Crippen LogP contribution in [0.5, 0.6) is 5.75 Å². The number of anilines is 1. The maximum absolute atomic E-state index is 14.2. The van der Waals surface area contributed by atoms with Gasteiger partial charge in [0.2, 0.25) is 0 Å². The number of carbonyl (C=O) groups excluding carboxylic acids is 2. The highest BCUT2D eigenvalue weighted by Gasteiger charge is 2.39. The van der Waals surface area contributed by atoms with Crippen molar-refractivity contribution in [2.75, 3.05) is 12.4 Å². The molecule has 31 heavy (non-hydrogen) atoms. The van der Waals surface area contributed by atoms with Crippen molar-refractivity contribution in [1.82, 2.24) is 4.90 Å². The monoisotopic (exact) mass is 416 g/mol. The summed E-state index contributed by atoms with van der Waals surface area (Å²) in [6, 6.07) is 20.5. The highest BCUT2D eigenvalue weighted by atomic mass is 19.1. The van der Waals surface area contributed by atoms with Gasteiger partial charge in [-0.05, 0) is 42.8 Å². The van der Waals surface area contributed by atoms with Crippen LogP contribution in [0.2, 0.25) is 0 Å². The number of nitrogens with zero attached hydrogens (tertiary/aromatic N) is 1. The van der Waals surface area contributed by atoms with Gasteiger partial charge in [-0.25, -0.2) is 4.39 Å². The molecule has 0 bridgehead atoms. The van der Waals surface area contributed by atoms with E-state index < -0.39 is 17.6 Å². The molecule has 0 aliphatic carbocycles. The van der Waals surface area contributed by atoms with Crippen molar-refractivity contribution < 1.29 is 18.7 Å². The van der Waals surface area contributed by atoms with Gasteiger partial charge in [-0.2, -0.15) is 0 Å². The van der Waals surface area contributed by atoms with Gasteiger partial charge in [-0.1, -0.05) is 48.0 Å². The Morgan fingerprint density at radius 2 is 1.58 bits per heavy atom. The second kappa shape index (κ2) is 8.44. The molecule has 156 valence electrons. The number of halogens is 1. The topological polar surface area (TPSA) is 58.6 Å². The van der Waals surface area contributed by atoms with E-state index in [9.17, 15) is 14.0 Å². The molecule has 0 saturated heterocycles. The van der Waals surface area contributed by atoms with Crippen LogP contribution in [0.3, 0.4) is 0 Å². The van der Waals surface area contributed by atoms with Gasteiger partial charge in [-0.3, -0.25) is 14.5 Å². The quantitative estimate of drug-likeness (QED) is 0.600. The van der Waals surface area contributed by atoms with Gasteiger partial charge in [0, 0.05) is 11.3 Å². The van der Waals surface area contributed by atoms with Gasteiger partial charge in [0.25, 0.3) is 11.8 Å². The first-order valence-electron chi connectivity index (χ1n) is 9.80. The minimum absolute atomic E-state index is 0.150. The Hall–Kier alpha value is -3.93. The van der Waals surface area contributed by atoms with E-state index in [1.165, 1.54) is 6.07 Å². The normalized spacial score (nSPS) is 13.7. The largest absolute Gasteiger partial charge is 0.497 e. The fraction of sp³-hybridized carbons (Fsp3) is 0.120. The minimum atomic E-state index is -0.500. The number of hydrogen-bond donors (Lipinski definition) is 1. The van der Waals surface area contributed by atoms with E-state index in [1.807, 2.05) is 31.2 Å². The summed E-state index contributed by atoms with van der Waals surface area (Å²) < 4.78 is 19.4. The molecule has 5 nitrogen and oxygen atoms in total. The van der Waals surface area contributed by atoms with E-state index in [2.05, 4.69) is 5.32 Å². The Kier molecular flexibility index (Phi) is 5.54. The zero-order chi connectivity index (χ0) is 22.0. The average Bonchev–Trinajstić information content (AvgIpc) is 3.01. The third kappa shape index (κ3) is 4.05. The molecule has 6 heteroatoms. The SMILES string of the molecule is COc1ccc(C2=C(Nc3ccc(C)cc3)C(=O)N(Cc3ccccc3F)C2=O)cc1. The maximum atomic E-state index is 14.2. The van der Waals surface area contributed by atoms with Crippen LogP contribution in [-0.4, -0.2) is 23.8 Å². The Morgan fingerprint density at radius 3 is 2.23 bits per heavy atom. The Bertz CT molecular complexity index is 1170. The lowest BCUT2D eigenvalue weighted by molar-refractivity contribution is -0.137. The van der Waals surface area contributed by atoms with Crippen LogP contribution in [0.25, 0.3) is 5.57 Å². The number of amides is 2. The lowest BCUT2D eigenvalue weighted by atomic mass is 10.0. The van der Waals surface area contributed by atoms with Crippen LogP contribution < -0.4 is 10.1 Å². The summed E-state index contributed by atoms with van der Waals surface area (Å²) in [5.41, 5.74) is 3.00. The van der Waals surface area contributed by atoms with Gasteiger partial charge in [0.05, 0.1) is 19.2 Å². The summed E-state index contributed by atoms with van der Waals surface area (Å²) in [4.78, 5) is 27.6. The number of ether oxygens (including phenoxy) is 1. The summed E-state index contributed by atoms with van der Waals surface area (Å²) in [7, 11) is 1.55. The van der Waals surface area contributed by atoms with Crippen LogP contribution in [0.1, 0.15) is 16.7 Å². The first-order valence-corrected chi connectivity index (χ1v) is 9.80. The summed E-state index contributed by atoms with van der Waals surface area (Å²) >= 11 is 0. The van der Waals surface area contributed by atoms with Crippen LogP contribution in [-0.2, 0) is 16.1 Å². The van der Waals surface area contributed by atoms with E-state index in [0.29, 0.717) is 17.0 Å². The average molecular weight is 416 g/mol. The zero-order valence-corrected chi connectivity index (χ0v) is 17.2. The van der Waals surface area contributed by atoms with Crippen molar-refractivity contribution in [3.8, 4) is 5.75 Å². The molecule has 3 aromatic rings. The van der Waals surface area contributed by atoms with Crippen LogP contribution in [0, 0.1) is 12.7 Å². The van der Waals surface area contributed by atoms with Crippen LogP contribution >= 0.6 is 0 Å². The van der Waals surface area contributed by atoms with E-state index in [0.717, 1.165) is 10.5 Å². The van der Waals surface area contributed by atoms with Crippen molar-refractivity contribution in [2.24, 2.45) is 0 Å². The molecule has 1 heterocycles. The number of aryl methyl sites for hydroxylation is 1. The molecular formula is C25H21FN2O3. The molecule has 0 fully saturated rings. The molecule has 1 N–H and O–H groups in total. The van der Waals surface area contributed by atoms with Crippen molar-refractivity contribution in [2.45, 2.75) is 13.5 Å². The van der Waals surface area contributed by atoms with Gasteiger partial charge >= 0.3 is 0 Å². The Balaban J connectivity index is 1.74. The summed E-state index contributed by atoms with van der Waals surface area (Å²) in [6.45, 7) is 1.81. The van der Waals surface area contributed by atoms with E-state index >= 15 is 0 Å². The molecular weight excluding hydrogens is 395 g/mol. The smallest absolute Gasteiger partial charge is 0.278 e. The van der Waals surface area contributed by atoms with Gasteiger partial charge < -0.3 is 10.1 Å². The molecule has 4 rings (SSSR count). The second-order valence-corrected chi connectivity index (χ2v) is 7.26. The second-order valence-electron chi connectivity index (χ2n) is 7.26. The number of hydrogen-bond acceptors (Lipinski definition) is 4. The highest BCUT2D eigenvalue weighted by molar-refractivity contribution is 6.36. The van der Waals surface area contributed by atoms with Crippen molar-refractivity contribution in [3.63, 3.8) is 0 Å². The molecule has 0 atom stereocenters. The Labute approximate surface area is 179 Å². The molecule has 1 aliphatic rings. The van der Waals surface area contributed by atoms with Crippen LogP contribution in [0.15, 0.2) is 78.5 Å². The number of methoxy groups -OCH3 is 1. The van der Waals surface area contributed by atoms with Crippen molar-refractivity contribution >= 4 is 23.1 Å². The predicted octanol–water partition coefficient (Wildman–Crippen LogP) is 4.53. The summed E-state index contributed by atoms with van der Waals surface area (Å²) in [5, 5.41) is 3.10. The zero-order valence-electron chi connectivity index (χ0n) is 17.2. The molecule has 0 unspecified atom stereocenters. The fourth-order valence-corrected chi connectivity index (χ4v) is 3.44.